The Bertz CT molecular complexity index is 797. The van der Waals surface area contributed by atoms with Gasteiger partial charge in [0.05, 0.1) is 11.7 Å². The van der Waals surface area contributed by atoms with Gasteiger partial charge in [-0.05, 0) is 43.2 Å². The largest absolute Gasteiger partial charge is 0.349 e. The van der Waals surface area contributed by atoms with E-state index in [4.69, 9.17) is 4.98 Å². The Kier molecular flexibility index (Phi) is 4.47. The minimum Gasteiger partial charge on any atom is -0.349 e. The second-order valence-electron chi connectivity index (χ2n) is 8.43. The van der Waals surface area contributed by atoms with E-state index in [-0.39, 0.29) is 23.3 Å². The fourth-order valence-electron chi connectivity index (χ4n) is 4.29. The quantitative estimate of drug-likeness (QED) is 0.913. The number of rotatable bonds is 3. The smallest absolute Gasteiger partial charge is 0.223 e. The van der Waals surface area contributed by atoms with Crippen LogP contribution in [0.4, 0.5) is 0 Å². The second-order valence-corrected chi connectivity index (χ2v) is 8.43. The van der Waals surface area contributed by atoms with Gasteiger partial charge in [0, 0.05) is 35.6 Å². The summed E-state index contributed by atoms with van der Waals surface area (Å²) in [5, 5.41) is 3.30. The van der Waals surface area contributed by atoms with Gasteiger partial charge in [0.2, 0.25) is 5.91 Å². The zero-order valence-electron chi connectivity index (χ0n) is 15.5. The maximum absolute atomic E-state index is 12.7. The first-order valence-electron chi connectivity index (χ1n) is 9.58. The van der Waals surface area contributed by atoms with Crippen LogP contribution in [0.3, 0.4) is 0 Å². The number of nitrogens with zero attached hydrogens (tertiary/aromatic N) is 3. The van der Waals surface area contributed by atoms with E-state index in [9.17, 15) is 4.79 Å². The topological polar surface area (TPSA) is 67.8 Å². The molecule has 1 atom stereocenters. The monoisotopic (exact) mass is 350 g/mol. The average Bonchev–Trinajstić information content (AvgIpc) is 3.16. The summed E-state index contributed by atoms with van der Waals surface area (Å²) in [5.41, 5.74) is 3.14. The molecule has 1 fully saturated rings. The summed E-state index contributed by atoms with van der Waals surface area (Å²) in [6.45, 7) is 4.49. The van der Waals surface area contributed by atoms with Crippen molar-refractivity contribution in [2.45, 2.75) is 58.4 Å². The van der Waals surface area contributed by atoms with E-state index in [0.29, 0.717) is 5.82 Å². The minimum absolute atomic E-state index is 0.00444. The molecule has 136 valence electrons. The number of amides is 1. The predicted molar refractivity (Wildman–Crippen MR) is 100 cm³/mol. The first-order valence-corrected chi connectivity index (χ1v) is 9.58. The lowest BCUT2D eigenvalue weighted by Gasteiger charge is -2.37. The third-order valence-electron chi connectivity index (χ3n) is 5.64. The third-order valence-corrected chi connectivity index (χ3v) is 5.64. The number of nitrogens with one attached hydrogen (secondary N) is 1. The van der Waals surface area contributed by atoms with Crippen molar-refractivity contribution in [3.05, 3.63) is 42.0 Å². The summed E-state index contributed by atoms with van der Waals surface area (Å²) in [5.74, 6) is 1.09. The molecule has 0 aromatic carbocycles. The fraction of sp³-hybridized carbons (Fsp3) is 0.524. The summed E-state index contributed by atoms with van der Waals surface area (Å²) in [6, 6.07) is 3.87. The number of aromatic nitrogens is 3. The van der Waals surface area contributed by atoms with E-state index in [0.717, 1.165) is 42.5 Å². The van der Waals surface area contributed by atoms with Gasteiger partial charge < -0.3 is 5.32 Å². The van der Waals surface area contributed by atoms with Crippen LogP contribution >= 0.6 is 0 Å². The number of carbonyl (C=O) groups excluding carboxylic acids is 1. The molecule has 0 saturated heterocycles. The van der Waals surface area contributed by atoms with E-state index < -0.39 is 0 Å². The molecule has 0 spiro atoms. The lowest BCUT2D eigenvalue weighted by molar-refractivity contribution is -0.125. The van der Waals surface area contributed by atoms with Crippen LogP contribution < -0.4 is 5.32 Å². The molecule has 0 aliphatic heterocycles. The molecule has 2 aliphatic carbocycles. The number of pyridine rings is 1. The zero-order valence-corrected chi connectivity index (χ0v) is 15.5. The van der Waals surface area contributed by atoms with Gasteiger partial charge >= 0.3 is 0 Å². The highest BCUT2D eigenvalue weighted by Crippen LogP contribution is 2.40. The van der Waals surface area contributed by atoms with Gasteiger partial charge in [0.25, 0.3) is 0 Å². The molecular weight excluding hydrogens is 324 g/mol. The molecule has 1 unspecified atom stereocenters. The minimum atomic E-state index is 0.00444. The normalized spacial score (nSPS) is 22.0. The standard InChI is InChI=1S/C21H26N4O/c1-21(2)10-17-16(13-23-19(24-17)15-8-5-9-22-12-15)18(11-21)25-20(26)14-6-3-4-7-14/h5,8-9,12-14,18H,3-4,6-7,10-11H2,1-2H3,(H,25,26). The van der Waals surface area contributed by atoms with Crippen molar-refractivity contribution in [2.75, 3.05) is 0 Å². The van der Waals surface area contributed by atoms with E-state index in [1.807, 2.05) is 18.3 Å². The van der Waals surface area contributed by atoms with Crippen LogP contribution in [-0.4, -0.2) is 20.9 Å². The number of carbonyl (C=O) groups is 1. The van der Waals surface area contributed by atoms with Crippen LogP contribution in [-0.2, 0) is 11.2 Å². The highest BCUT2D eigenvalue weighted by molar-refractivity contribution is 5.79. The number of fused-ring (bicyclic) bond motifs is 1. The summed E-state index contributed by atoms with van der Waals surface area (Å²) in [7, 11) is 0. The Labute approximate surface area is 154 Å². The SMILES string of the molecule is CC1(C)Cc2nc(-c3cccnc3)ncc2C(NC(=O)C2CCCC2)C1. The molecule has 1 amide bonds. The van der Waals surface area contributed by atoms with Crippen molar-refractivity contribution in [3.63, 3.8) is 0 Å². The van der Waals surface area contributed by atoms with Crippen molar-refractivity contribution >= 4 is 5.91 Å². The van der Waals surface area contributed by atoms with Gasteiger partial charge in [-0.2, -0.15) is 0 Å². The Morgan fingerprint density at radius 2 is 2.04 bits per heavy atom. The summed E-state index contributed by atoms with van der Waals surface area (Å²) >= 11 is 0. The zero-order chi connectivity index (χ0) is 18.1. The Morgan fingerprint density at radius 1 is 1.23 bits per heavy atom. The molecule has 1 N–H and O–H groups in total. The average molecular weight is 350 g/mol. The Morgan fingerprint density at radius 3 is 2.77 bits per heavy atom. The molecule has 2 aromatic heterocycles. The number of hydrogen-bond acceptors (Lipinski definition) is 4. The lowest BCUT2D eigenvalue weighted by Crippen LogP contribution is -2.39. The fourth-order valence-corrected chi connectivity index (χ4v) is 4.29. The van der Waals surface area contributed by atoms with Gasteiger partial charge in [-0.3, -0.25) is 9.78 Å². The number of hydrogen-bond donors (Lipinski definition) is 1. The molecule has 0 radical (unpaired) electrons. The van der Waals surface area contributed by atoms with Gasteiger partial charge in [-0.1, -0.05) is 26.7 Å². The highest BCUT2D eigenvalue weighted by atomic mass is 16.1. The Hall–Kier alpha value is -2.30. The molecule has 5 heteroatoms. The molecule has 4 rings (SSSR count). The van der Waals surface area contributed by atoms with Crippen molar-refractivity contribution in [1.82, 2.24) is 20.3 Å². The van der Waals surface area contributed by atoms with Crippen molar-refractivity contribution in [3.8, 4) is 11.4 Å². The first-order chi connectivity index (χ1) is 12.5. The van der Waals surface area contributed by atoms with Crippen LogP contribution in [0.15, 0.2) is 30.7 Å². The van der Waals surface area contributed by atoms with Crippen LogP contribution in [0.5, 0.6) is 0 Å². The van der Waals surface area contributed by atoms with E-state index >= 15 is 0 Å². The maximum atomic E-state index is 12.7. The van der Waals surface area contributed by atoms with Gasteiger partial charge in [-0.25, -0.2) is 9.97 Å². The Balaban J connectivity index is 1.63. The van der Waals surface area contributed by atoms with Crippen LogP contribution in [0, 0.1) is 11.3 Å². The summed E-state index contributed by atoms with van der Waals surface area (Å²) in [4.78, 5) is 26.2. The van der Waals surface area contributed by atoms with E-state index in [1.54, 1.807) is 12.4 Å². The molecule has 2 aliphatic rings. The van der Waals surface area contributed by atoms with Crippen LogP contribution in [0.1, 0.15) is 63.3 Å². The molecule has 2 heterocycles. The molecule has 5 nitrogen and oxygen atoms in total. The van der Waals surface area contributed by atoms with Crippen molar-refractivity contribution < 1.29 is 4.79 Å². The van der Waals surface area contributed by atoms with E-state index in [1.165, 1.54) is 12.8 Å². The molecule has 1 saturated carbocycles. The highest BCUT2D eigenvalue weighted by Gasteiger charge is 2.35. The molecular formula is C21H26N4O. The van der Waals surface area contributed by atoms with Gasteiger partial charge in [0.15, 0.2) is 5.82 Å². The first kappa shape index (κ1) is 17.1. The van der Waals surface area contributed by atoms with Gasteiger partial charge in [0.1, 0.15) is 0 Å². The lowest BCUT2D eigenvalue weighted by atomic mass is 9.74. The predicted octanol–water partition coefficient (Wildman–Crippen LogP) is 3.86. The summed E-state index contributed by atoms with van der Waals surface area (Å²) in [6.07, 6.45) is 11.6. The third kappa shape index (κ3) is 3.48. The van der Waals surface area contributed by atoms with E-state index in [2.05, 4.69) is 29.1 Å². The van der Waals surface area contributed by atoms with Crippen LogP contribution in [0.2, 0.25) is 0 Å². The molecule has 0 bridgehead atoms. The second kappa shape index (κ2) is 6.78. The van der Waals surface area contributed by atoms with Gasteiger partial charge in [-0.15, -0.1) is 0 Å². The molecule has 2 aromatic rings. The maximum Gasteiger partial charge on any atom is 0.223 e. The van der Waals surface area contributed by atoms with Crippen molar-refractivity contribution in [1.29, 1.82) is 0 Å². The van der Waals surface area contributed by atoms with Crippen LogP contribution in [0.25, 0.3) is 11.4 Å². The summed E-state index contributed by atoms with van der Waals surface area (Å²) < 4.78 is 0. The van der Waals surface area contributed by atoms with Crippen molar-refractivity contribution in [2.24, 2.45) is 11.3 Å². The molecule has 26 heavy (non-hydrogen) atoms.